The second-order valence-electron chi connectivity index (χ2n) is 2.66. The van der Waals surface area contributed by atoms with Crippen molar-refractivity contribution in [2.24, 2.45) is 0 Å². The van der Waals surface area contributed by atoms with Gasteiger partial charge in [0.15, 0.2) is 0 Å². The number of carbonyl (C=O) groups excluding carboxylic acids is 3. The predicted octanol–water partition coefficient (Wildman–Crippen LogP) is -3.60. The van der Waals surface area contributed by atoms with Crippen LogP contribution in [0.5, 0.6) is 0 Å². The fourth-order valence-electron chi connectivity index (χ4n) is 0.981. The van der Waals surface area contributed by atoms with E-state index in [4.69, 9.17) is 0 Å². The van der Waals surface area contributed by atoms with Crippen LogP contribution in [0.4, 0.5) is 0 Å². The first-order valence-corrected chi connectivity index (χ1v) is 3.71. The van der Waals surface area contributed by atoms with Gasteiger partial charge in [0.05, 0.1) is 17.9 Å². The first-order valence-electron chi connectivity index (χ1n) is 3.71. The maximum absolute atomic E-state index is 10.4. The number of carboxylic acids is 3. The van der Waals surface area contributed by atoms with Gasteiger partial charge in [-0.3, -0.25) is 0 Å². The normalized spacial score (nSPS) is 9.00. The Morgan fingerprint density at radius 2 is 0.875 bits per heavy atom. The summed E-state index contributed by atoms with van der Waals surface area (Å²) in [7, 11) is 0. The molecule has 16 heavy (non-hydrogen) atoms. The van der Waals surface area contributed by atoms with E-state index in [1.54, 1.807) is 0 Å². The molecule has 0 radical (unpaired) electrons. The zero-order valence-corrected chi connectivity index (χ0v) is 8.91. The van der Waals surface area contributed by atoms with Crippen LogP contribution in [0.2, 0.25) is 0 Å². The third kappa shape index (κ3) is 3.09. The molecule has 7 heteroatoms. The maximum atomic E-state index is 10.4. The van der Waals surface area contributed by atoms with Crippen LogP contribution in [0.3, 0.4) is 0 Å². The van der Waals surface area contributed by atoms with Crippen molar-refractivity contribution >= 4 is 35.3 Å². The summed E-state index contributed by atoms with van der Waals surface area (Å²) >= 11 is 0. The minimum atomic E-state index is -1.68. The molecule has 0 unspecified atom stereocenters. The average Bonchev–Trinajstić information content (AvgIpc) is 2.16. The third-order valence-corrected chi connectivity index (χ3v) is 1.64. The number of rotatable bonds is 3. The summed E-state index contributed by atoms with van der Waals surface area (Å²) in [6.45, 7) is 0. The molecule has 1 aromatic rings. The van der Waals surface area contributed by atoms with E-state index < -0.39 is 34.6 Å². The van der Waals surface area contributed by atoms with Crippen LogP contribution in [-0.2, 0) is 0 Å². The third-order valence-electron chi connectivity index (χ3n) is 1.64. The fraction of sp³-hybridized carbons (Fsp3) is 0. The molecule has 0 saturated carbocycles. The number of hydrogen-bond donors (Lipinski definition) is 0. The smallest absolute Gasteiger partial charge is 0.545 e. The van der Waals surface area contributed by atoms with Crippen molar-refractivity contribution in [1.29, 1.82) is 0 Å². The van der Waals surface area contributed by atoms with Gasteiger partial charge in [-0.25, -0.2) is 0 Å². The minimum Gasteiger partial charge on any atom is -0.545 e. The molecule has 0 bridgehead atoms. The van der Waals surface area contributed by atoms with Gasteiger partial charge in [-0.1, -0.05) is 0 Å². The van der Waals surface area contributed by atoms with Gasteiger partial charge in [0.2, 0.25) is 0 Å². The van der Waals surface area contributed by atoms with Crippen LogP contribution < -0.4 is 15.3 Å². The molecule has 6 nitrogen and oxygen atoms in total. The Bertz CT molecular complexity index is 374. The summed E-state index contributed by atoms with van der Waals surface area (Å²) < 4.78 is 0. The van der Waals surface area contributed by atoms with Gasteiger partial charge in [0.1, 0.15) is 0 Å². The van der Waals surface area contributed by atoms with Crippen LogP contribution in [0, 0.1) is 0 Å². The van der Waals surface area contributed by atoms with Crippen LogP contribution >= 0.6 is 0 Å². The maximum Gasteiger partial charge on any atom is 3.00 e. The average molecular weight is 234 g/mol. The van der Waals surface area contributed by atoms with Gasteiger partial charge >= 0.3 is 17.4 Å². The van der Waals surface area contributed by atoms with E-state index in [-0.39, 0.29) is 17.4 Å². The summed E-state index contributed by atoms with van der Waals surface area (Å²) in [5.41, 5.74) is -1.68. The van der Waals surface area contributed by atoms with Crippen LogP contribution in [0.15, 0.2) is 18.2 Å². The number of benzene rings is 1. The van der Waals surface area contributed by atoms with Gasteiger partial charge in [-0.15, -0.1) is 0 Å². The van der Waals surface area contributed by atoms with Gasteiger partial charge < -0.3 is 29.7 Å². The molecule has 78 valence electrons. The number of carboxylic acid groups (broad SMARTS) is 3. The van der Waals surface area contributed by atoms with Crippen molar-refractivity contribution in [3.63, 3.8) is 0 Å². The predicted molar refractivity (Wildman–Crippen MR) is 45.2 cm³/mol. The first-order chi connectivity index (χ1) is 6.91. The van der Waals surface area contributed by atoms with Gasteiger partial charge in [-0.05, 0) is 34.9 Å². The van der Waals surface area contributed by atoms with Crippen molar-refractivity contribution < 1.29 is 29.7 Å². The SMILES string of the molecule is O=C([O-])c1cc(C(=O)[O-])cc(C(=O)[O-])c1.[Al+3]. The van der Waals surface area contributed by atoms with Crippen LogP contribution in [0.25, 0.3) is 0 Å². The van der Waals surface area contributed by atoms with E-state index in [0.717, 1.165) is 18.2 Å². The van der Waals surface area contributed by atoms with E-state index in [1.807, 2.05) is 0 Å². The molecule has 0 aliphatic rings. The molecule has 0 atom stereocenters. The molecule has 0 fully saturated rings. The van der Waals surface area contributed by atoms with Gasteiger partial charge in [-0.2, -0.15) is 0 Å². The summed E-state index contributed by atoms with van der Waals surface area (Å²) in [5.74, 6) is -5.04. The molecule has 0 aromatic heterocycles. The largest absolute Gasteiger partial charge is 3.00 e. The zero-order valence-electron chi connectivity index (χ0n) is 7.76. The first kappa shape index (κ1) is 14.2. The standard InChI is InChI=1S/C9H6O6.Al/c10-7(11)4-1-5(8(12)13)3-6(2-4)9(14)15;/h1-3H,(H,10,11)(H,12,13)(H,14,15);/q;+3/p-3. The Hall–Kier alpha value is -1.84. The summed E-state index contributed by atoms with van der Waals surface area (Å²) in [6, 6.07) is 2.24. The quantitative estimate of drug-likeness (QED) is 0.498. The van der Waals surface area contributed by atoms with Crippen LogP contribution in [-0.4, -0.2) is 35.3 Å². The molecule has 0 amide bonds. The van der Waals surface area contributed by atoms with E-state index >= 15 is 0 Å². The van der Waals surface area contributed by atoms with Crippen molar-refractivity contribution in [3.05, 3.63) is 34.9 Å². The molecule has 0 aliphatic carbocycles. The molecular formula is C9H3AlO6. The second kappa shape index (κ2) is 5.30. The minimum absolute atomic E-state index is 0. The van der Waals surface area contributed by atoms with Crippen molar-refractivity contribution in [3.8, 4) is 0 Å². The van der Waals surface area contributed by atoms with Crippen molar-refractivity contribution in [2.75, 3.05) is 0 Å². The monoisotopic (exact) mass is 234 g/mol. The van der Waals surface area contributed by atoms with E-state index in [0.29, 0.717) is 0 Å². The topological polar surface area (TPSA) is 120 Å². The summed E-state index contributed by atoms with van der Waals surface area (Å²) in [6.07, 6.45) is 0. The molecule has 0 aliphatic heterocycles. The Balaban J connectivity index is 0.00000225. The summed E-state index contributed by atoms with van der Waals surface area (Å²) in [4.78, 5) is 31.2. The molecule has 1 rings (SSSR count). The van der Waals surface area contributed by atoms with Crippen LogP contribution in [0.1, 0.15) is 31.1 Å². The zero-order chi connectivity index (χ0) is 11.6. The van der Waals surface area contributed by atoms with Gasteiger partial charge in [0.25, 0.3) is 0 Å². The van der Waals surface area contributed by atoms with E-state index in [2.05, 4.69) is 0 Å². The molecule has 0 saturated heterocycles. The Labute approximate surface area is 100 Å². The molecule has 0 heterocycles. The van der Waals surface area contributed by atoms with E-state index in [9.17, 15) is 29.7 Å². The second-order valence-corrected chi connectivity index (χ2v) is 2.66. The summed E-state index contributed by atoms with van der Waals surface area (Å²) in [5, 5.41) is 31.2. The van der Waals surface area contributed by atoms with E-state index in [1.165, 1.54) is 0 Å². The fourth-order valence-corrected chi connectivity index (χ4v) is 0.981. The van der Waals surface area contributed by atoms with Crippen molar-refractivity contribution in [2.45, 2.75) is 0 Å². The number of carbonyl (C=O) groups is 3. The number of hydrogen-bond acceptors (Lipinski definition) is 6. The molecule has 0 N–H and O–H groups in total. The molecule has 0 spiro atoms. The van der Waals surface area contributed by atoms with Crippen molar-refractivity contribution in [1.82, 2.24) is 0 Å². The Morgan fingerprint density at radius 1 is 0.688 bits per heavy atom. The molecular weight excluding hydrogens is 231 g/mol. The Morgan fingerprint density at radius 3 is 1.00 bits per heavy atom. The molecule has 1 aromatic carbocycles. The number of aromatic carboxylic acids is 3. The van der Waals surface area contributed by atoms with Gasteiger partial charge in [0, 0.05) is 0 Å². The Kier molecular flexibility index (Phi) is 4.69.